The molecule has 6 heteroatoms. The number of carbonyl (C=O) groups is 1. The highest BCUT2D eigenvalue weighted by molar-refractivity contribution is 6.10. The third-order valence-corrected chi connectivity index (χ3v) is 2.75. The molecule has 0 aliphatic heterocycles. The van der Waals surface area contributed by atoms with Crippen molar-refractivity contribution in [2.45, 2.75) is 0 Å². The number of nitrogens with one attached hydrogen (secondary N) is 2. The van der Waals surface area contributed by atoms with Gasteiger partial charge in [-0.3, -0.25) is 14.6 Å². The number of hydrogen-bond donors (Lipinski definition) is 2. The van der Waals surface area contributed by atoms with Crippen LogP contribution in [0.3, 0.4) is 0 Å². The van der Waals surface area contributed by atoms with E-state index in [1.165, 1.54) is 0 Å². The lowest BCUT2D eigenvalue weighted by Crippen LogP contribution is -2.15. The second kappa shape index (κ2) is 3.99. The van der Waals surface area contributed by atoms with Crippen LogP contribution >= 0.6 is 0 Å². The Kier molecular flexibility index (Phi) is 2.33. The number of fused-ring (bicyclic) bond motifs is 1. The van der Waals surface area contributed by atoms with Crippen LogP contribution in [0.5, 0.6) is 0 Å². The molecule has 0 spiro atoms. The fraction of sp³-hybridized carbons (Fsp3) is 0.0833. The number of aromatic amines is 1. The Labute approximate surface area is 103 Å². The number of amides is 1. The lowest BCUT2D eigenvalue weighted by atomic mass is 10.2. The van der Waals surface area contributed by atoms with Crippen LogP contribution in [0.15, 0.2) is 36.5 Å². The van der Waals surface area contributed by atoms with Gasteiger partial charge in [0.1, 0.15) is 5.82 Å². The van der Waals surface area contributed by atoms with Gasteiger partial charge in [0.25, 0.3) is 5.91 Å². The standard InChI is InChI=1S/C12H11N5O/c1-17-10(6-7-13-17)14-12(18)11-8-4-2-3-5-9(8)15-16-11/h2-7H,1H3,(H,14,18)(H,15,16). The predicted molar refractivity (Wildman–Crippen MR) is 67.3 cm³/mol. The van der Waals surface area contributed by atoms with E-state index in [9.17, 15) is 4.79 Å². The number of H-pyrrole nitrogens is 1. The number of nitrogens with zero attached hydrogens (tertiary/aromatic N) is 3. The fourth-order valence-electron chi connectivity index (χ4n) is 1.81. The summed E-state index contributed by atoms with van der Waals surface area (Å²) in [7, 11) is 1.76. The largest absolute Gasteiger partial charge is 0.305 e. The summed E-state index contributed by atoms with van der Waals surface area (Å²) < 4.78 is 1.59. The molecule has 18 heavy (non-hydrogen) atoms. The number of aromatic nitrogens is 4. The Morgan fingerprint density at radius 3 is 2.94 bits per heavy atom. The molecule has 3 aromatic rings. The second-order valence-electron chi connectivity index (χ2n) is 3.91. The van der Waals surface area contributed by atoms with E-state index in [1.54, 1.807) is 24.0 Å². The molecule has 6 nitrogen and oxygen atoms in total. The van der Waals surface area contributed by atoms with Gasteiger partial charge in [0, 0.05) is 18.5 Å². The van der Waals surface area contributed by atoms with E-state index in [0.29, 0.717) is 11.5 Å². The molecule has 2 heterocycles. The van der Waals surface area contributed by atoms with Gasteiger partial charge in [0.2, 0.25) is 0 Å². The zero-order valence-electron chi connectivity index (χ0n) is 9.71. The maximum absolute atomic E-state index is 12.1. The van der Waals surface area contributed by atoms with Crippen molar-refractivity contribution >= 4 is 22.6 Å². The molecular weight excluding hydrogens is 230 g/mol. The highest BCUT2D eigenvalue weighted by Crippen LogP contribution is 2.16. The topological polar surface area (TPSA) is 75.6 Å². The Bertz CT molecular complexity index is 712. The first-order valence-electron chi connectivity index (χ1n) is 5.48. The summed E-state index contributed by atoms with van der Waals surface area (Å²) in [6.45, 7) is 0. The summed E-state index contributed by atoms with van der Waals surface area (Å²) in [6, 6.07) is 9.23. The van der Waals surface area contributed by atoms with Crippen LogP contribution in [0, 0.1) is 0 Å². The van der Waals surface area contributed by atoms with Crippen molar-refractivity contribution in [3.8, 4) is 0 Å². The molecule has 0 bridgehead atoms. The zero-order valence-corrected chi connectivity index (χ0v) is 9.71. The predicted octanol–water partition coefficient (Wildman–Crippen LogP) is 1.55. The van der Waals surface area contributed by atoms with E-state index < -0.39 is 0 Å². The summed E-state index contributed by atoms with van der Waals surface area (Å²) in [4.78, 5) is 12.1. The SMILES string of the molecule is Cn1nccc1NC(=O)c1n[nH]c2ccccc12. The molecule has 0 saturated carbocycles. The van der Waals surface area contributed by atoms with Crippen molar-refractivity contribution < 1.29 is 4.79 Å². The first-order valence-corrected chi connectivity index (χ1v) is 5.48. The Morgan fingerprint density at radius 1 is 1.33 bits per heavy atom. The molecule has 3 rings (SSSR count). The van der Waals surface area contributed by atoms with Crippen LogP contribution in [0.4, 0.5) is 5.82 Å². The monoisotopic (exact) mass is 241 g/mol. The molecule has 0 atom stereocenters. The van der Waals surface area contributed by atoms with Crippen LogP contribution in [0.1, 0.15) is 10.5 Å². The Balaban J connectivity index is 1.95. The highest BCUT2D eigenvalue weighted by Gasteiger charge is 2.14. The van der Waals surface area contributed by atoms with Crippen LogP contribution in [-0.2, 0) is 7.05 Å². The first-order chi connectivity index (χ1) is 8.75. The van der Waals surface area contributed by atoms with Crippen molar-refractivity contribution in [1.82, 2.24) is 20.0 Å². The quantitative estimate of drug-likeness (QED) is 0.714. The Hall–Kier alpha value is -2.63. The number of carbonyl (C=O) groups excluding carboxylic acids is 1. The van der Waals surface area contributed by atoms with Gasteiger partial charge in [0.05, 0.1) is 11.7 Å². The minimum Gasteiger partial charge on any atom is -0.305 e. The molecule has 0 aliphatic carbocycles. The second-order valence-corrected chi connectivity index (χ2v) is 3.91. The van der Waals surface area contributed by atoms with Gasteiger partial charge in [-0.15, -0.1) is 0 Å². The maximum atomic E-state index is 12.1. The number of hydrogen-bond acceptors (Lipinski definition) is 3. The van der Waals surface area contributed by atoms with Crippen LogP contribution in [0.25, 0.3) is 10.9 Å². The van der Waals surface area contributed by atoms with E-state index in [1.807, 2.05) is 24.3 Å². The summed E-state index contributed by atoms with van der Waals surface area (Å²) in [5.41, 5.74) is 1.22. The summed E-state index contributed by atoms with van der Waals surface area (Å²) >= 11 is 0. The molecule has 0 aliphatic rings. The summed E-state index contributed by atoms with van der Waals surface area (Å²) in [6.07, 6.45) is 1.62. The van der Waals surface area contributed by atoms with E-state index in [2.05, 4.69) is 20.6 Å². The third-order valence-electron chi connectivity index (χ3n) is 2.75. The fourth-order valence-corrected chi connectivity index (χ4v) is 1.81. The highest BCUT2D eigenvalue weighted by atomic mass is 16.2. The molecule has 2 N–H and O–H groups in total. The van der Waals surface area contributed by atoms with Crippen molar-refractivity contribution in [3.05, 3.63) is 42.2 Å². The van der Waals surface area contributed by atoms with Crippen LogP contribution in [-0.4, -0.2) is 25.9 Å². The number of aryl methyl sites for hydroxylation is 1. The molecule has 2 aromatic heterocycles. The molecule has 0 fully saturated rings. The molecule has 0 unspecified atom stereocenters. The number of para-hydroxylation sites is 1. The van der Waals surface area contributed by atoms with Gasteiger partial charge >= 0.3 is 0 Å². The van der Waals surface area contributed by atoms with E-state index in [4.69, 9.17) is 0 Å². The van der Waals surface area contributed by atoms with Gasteiger partial charge in [-0.25, -0.2) is 0 Å². The summed E-state index contributed by atoms with van der Waals surface area (Å²) in [5.74, 6) is 0.378. The Morgan fingerprint density at radius 2 is 2.17 bits per heavy atom. The van der Waals surface area contributed by atoms with Crippen molar-refractivity contribution in [1.29, 1.82) is 0 Å². The minimum atomic E-state index is -0.254. The average Bonchev–Trinajstić information content (AvgIpc) is 2.96. The van der Waals surface area contributed by atoms with Gasteiger partial charge in [0.15, 0.2) is 5.69 Å². The van der Waals surface area contributed by atoms with Gasteiger partial charge < -0.3 is 5.32 Å². The van der Waals surface area contributed by atoms with Crippen LogP contribution in [0.2, 0.25) is 0 Å². The molecule has 90 valence electrons. The average molecular weight is 241 g/mol. The van der Waals surface area contributed by atoms with Crippen molar-refractivity contribution in [2.75, 3.05) is 5.32 Å². The van der Waals surface area contributed by atoms with Crippen molar-refractivity contribution in [3.63, 3.8) is 0 Å². The normalized spacial score (nSPS) is 10.7. The minimum absolute atomic E-state index is 0.254. The summed E-state index contributed by atoms with van der Waals surface area (Å²) in [5, 5.41) is 14.4. The first kappa shape index (κ1) is 10.5. The van der Waals surface area contributed by atoms with E-state index in [0.717, 1.165) is 10.9 Å². The lowest BCUT2D eigenvalue weighted by molar-refractivity contribution is 0.102. The van der Waals surface area contributed by atoms with Crippen molar-refractivity contribution in [2.24, 2.45) is 7.05 Å². The third kappa shape index (κ3) is 1.64. The molecule has 0 saturated heterocycles. The number of anilines is 1. The van der Waals surface area contributed by atoms with E-state index >= 15 is 0 Å². The molecule has 0 radical (unpaired) electrons. The lowest BCUT2D eigenvalue weighted by Gasteiger charge is -2.02. The molecular formula is C12H11N5O. The smallest absolute Gasteiger partial charge is 0.277 e. The number of benzene rings is 1. The van der Waals surface area contributed by atoms with Crippen LogP contribution < -0.4 is 5.32 Å². The van der Waals surface area contributed by atoms with E-state index in [-0.39, 0.29) is 5.91 Å². The van der Waals surface area contributed by atoms with Gasteiger partial charge in [-0.1, -0.05) is 18.2 Å². The zero-order chi connectivity index (χ0) is 12.5. The molecule has 1 amide bonds. The van der Waals surface area contributed by atoms with Gasteiger partial charge in [-0.2, -0.15) is 10.2 Å². The van der Waals surface area contributed by atoms with Gasteiger partial charge in [-0.05, 0) is 6.07 Å². The maximum Gasteiger partial charge on any atom is 0.277 e. The molecule has 1 aromatic carbocycles. The number of rotatable bonds is 2.